The monoisotopic (exact) mass is 252 g/mol. The lowest BCUT2D eigenvalue weighted by molar-refractivity contribution is 0.474. The van der Waals surface area contributed by atoms with Crippen LogP contribution in [0.4, 0.5) is 5.69 Å². The summed E-state index contributed by atoms with van der Waals surface area (Å²) in [6.07, 6.45) is 1.55. The van der Waals surface area contributed by atoms with Gasteiger partial charge < -0.3 is 9.52 Å². The Morgan fingerprint density at radius 2 is 1.84 bits per heavy atom. The molecule has 2 aromatic carbocycles. The van der Waals surface area contributed by atoms with Crippen molar-refractivity contribution >= 4 is 16.7 Å². The highest BCUT2D eigenvalue weighted by Crippen LogP contribution is 2.16. The van der Waals surface area contributed by atoms with E-state index in [0.29, 0.717) is 5.58 Å². The number of rotatable bonds is 2. The fraction of sp³-hybridized carbons (Fsp3) is 0. The molecule has 94 valence electrons. The summed E-state index contributed by atoms with van der Waals surface area (Å²) in [4.78, 5) is 0. The maximum Gasteiger partial charge on any atom is 0.139 e. The number of hydrogen-bond acceptors (Lipinski definition) is 4. The summed E-state index contributed by atoms with van der Waals surface area (Å²) in [5.74, 6) is 0.171. The molecule has 1 aromatic heterocycles. The molecule has 0 fully saturated rings. The maximum absolute atomic E-state index is 9.42. The molecule has 4 heteroatoms. The van der Waals surface area contributed by atoms with Gasteiger partial charge in [0.05, 0.1) is 17.3 Å². The van der Waals surface area contributed by atoms with Gasteiger partial charge in [0.15, 0.2) is 0 Å². The van der Waals surface area contributed by atoms with Crippen molar-refractivity contribution in [2.24, 2.45) is 5.10 Å². The number of nitrogens with zero attached hydrogens (tertiary/aromatic N) is 1. The zero-order valence-electron chi connectivity index (χ0n) is 10.1. The summed E-state index contributed by atoms with van der Waals surface area (Å²) < 4.78 is 5.34. The Balaban J connectivity index is 2.05. The fourth-order valence-corrected chi connectivity index (χ4v) is 1.82. The Morgan fingerprint density at radius 3 is 2.68 bits per heavy atom. The number of benzene rings is 2. The number of phenolic OH excluding ortho intramolecular Hbond substituents is 1. The first-order chi connectivity index (χ1) is 9.33. The molecule has 0 aliphatic heterocycles. The molecule has 19 heavy (non-hydrogen) atoms. The van der Waals surface area contributed by atoms with Gasteiger partial charge in [-0.15, -0.1) is 0 Å². The standard InChI is InChI=1S/C15H12N2O2/c18-12-6-7-13-14(8-9-19-15(13)10-12)17-16-11-4-2-1-3-5-11/h1-10,16,18H. The SMILES string of the molecule is Oc1ccc2c(=NNc3ccccc3)ccoc2c1. The predicted octanol–water partition coefficient (Wildman–Crippen LogP) is 3.07. The van der Waals surface area contributed by atoms with E-state index in [1.165, 1.54) is 0 Å². The molecule has 3 aromatic rings. The summed E-state index contributed by atoms with van der Waals surface area (Å²) in [5, 5.41) is 15.4. The van der Waals surface area contributed by atoms with Crippen LogP contribution in [-0.4, -0.2) is 5.11 Å². The zero-order valence-corrected chi connectivity index (χ0v) is 10.1. The van der Waals surface area contributed by atoms with Crippen LogP contribution < -0.4 is 10.8 Å². The fourth-order valence-electron chi connectivity index (χ4n) is 1.82. The number of nitrogens with one attached hydrogen (secondary N) is 1. The molecule has 3 rings (SSSR count). The van der Waals surface area contributed by atoms with Gasteiger partial charge in [0.1, 0.15) is 11.3 Å². The molecule has 4 nitrogen and oxygen atoms in total. The first-order valence-corrected chi connectivity index (χ1v) is 5.88. The Labute approximate surface area is 109 Å². The third-order valence-electron chi connectivity index (χ3n) is 2.74. The van der Waals surface area contributed by atoms with Crippen molar-refractivity contribution in [3.8, 4) is 5.75 Å². The highest BCUT2D eigenvalue weighted by Gasteiger charge is 1.99. The zero-order chi connectivity index (χ0) is 13.1. The van der Waals surface area contributed by atoms with Crippen LogP contribution in [0.5, 0.6) is 5.75 Å². The molecule has 2 N–H and O–H groups in total. The van der Waals surface area contributed by atoms with E-state index in [2.05, 4.69) is 10.5 Å². The summed E-state index contributed by atoms with van der Waals surface area (Å²) in [5.41, 5.74) is 4.49. The van der Waals surface area contributed by atoms with E-state index in [1.54, 1.807) is 30.5 Å². The molecule has 0 aliphatic rings. The Morgan fingerprint density at radius 1 is 1.00 bits per heavy atom. The lowest BCUT2D eigenvalue weighted by atomic mass is 10.2. The van der Waals surface area contributed by atoms with Crippen LogP contribution in [-0.2, 0) is 0 Å². The summed E-state index contributed by atoms with van der Waals surface area (Å²) in [6.45, 7) is 0. The molecule has 0 amide bonds. The molecule has 0 saturated heterocycles. The molecule has 1 heterocycles. The Bertz CT molecular complexity index is 764. The average Bonchev–Trinajstić information content (AvgIpc) is 2.45. The lowest BCUT2D eigenvalue weighted by Crippen LogP contribution is -2.05. The van der Waals surface area contributed by atoms with Crippen molar-refractivity contribution in [1.82, 2.24) is 0 Å². The van der Waals surface area contributed by atoms with E-state index in [1.807, 2.05) is 30.3 Å². The second-order valence-corrected chi connectivity index (χ2v) is 4.08. The van der Waals surface area contributed by atoms with Crippen LogP contribution in [0.25, 0.3) is 11.0 Å². The molecule has 0 atom stereocenters. The minimum absolute atomic E-state index is 0.171. The van der Waals surface area contributed by atoms with Gasteiger partial charge in [0, 0.05) is 17.5 Å². The predicted molar refractivity (Wildman–Crippen MR) is 73.5 cm³/mol. The van der Waals surface area contributed by atoms with E-state index in [0.717, 1.165) is 16.4 Å². The molecule has 0 unspecified atom stereocenters. The van der Waals surface area contributed by atoms with Crippen molar-refractivity contribution in [1.29, 1.82) is 0 Å². The molecule has 0 saturated carbocycles. The first kappa shape index (κ1) is 11.3. The molecule has 0 spiro atoms. The summed E-state index contributed by atoms with van der Waals surface area (Å²) in [7, 11) is 0. The molecule has 0 bridgehead atoms. The highest BCUT2D eigenvalue weighted by atomic mass is 16.3. The van der Waals surface area contributed by atoms with Gasteiger partial charge in [-0.3, -0.25) is 5.43 Å². The van der Waals surface area contributed by atoms with E-state index in [9.17, 15) is 5.11 Å². The van der Waals surface area contributed by atoms with Crippen molar-refractivity contribution in [2.75, 3.05) is 5.43 Å². The first-order valence-electron chi connectivity index (χ1n) is 5.88. The normalized spacial score (nSPS) is 11.7. The number of para-hydroxylation sites is 1. The molecular weight excluding hydrogens is 240 g/mol. The Kier molecular flexibility index (Phi) is 2.90. The van der Waals surface area contributed by atoms with Crippen LogP contribution in [0.3, 0.4) is 0 Å². The van der Waals surface area contributed by atoms with Gasteiger partial charge in [0.25, 0.3) is 0 Å². The molecular formula is C15H12N2O2. The number of hydrogen-bond donors (Lipinski definition) is 2. The maximum atomic E-state index is 9.42. The lowest BCUT2D eigenvalue weighted by Gasteiger charge is -2.01. The number of anilines is 1. The highest BCUT2D eigenvalue weighted by molar-refractivity contribution is 5.77. The second kappa shape index (κ2) is 4.86. The molecule has 0 radical (unpaired) electrons. The van der Waals surface area contributed by atoms with E-state index in [4.69, 9.17) is 4.42 Å². The van der Waals surface area contributed by atoms with Gasteiger partial charge >= 0.3 is 0 Å². The summed E-state index contributed by atoms with van der Waals surface area (Å²) >= 11 is 0. The smallest absolute Gasteiger partial charge is 0.139 e. The second-order valence-electron chi connectivity index (χ2n) is 4.08. The van der Waals surface area contributed by atoms with Gasteiger partial charge in [-0.05, 0) is 24.3 Å². The minimum Gasteiger partial charge on any atom is -0.508 e. The van der Waals surface area contributed by atoms with Crippen LogP contribution >= 0.6 is 0 Å². The number of aromatic hydroxyl groups is 1. The third-order valence-corrected chi connectivity index (χ3v) is 2.74. The van der Waals surface area contributed by atoms with Gasteiger partial charge in [-0.1, -0.05) is 18.2 Å². The minimum atomic E-state index is 0.171. The van der Waals surface area contributed by atoms with E-state index in [-0.39, 0.29) is 5.75 Å². The van der Waals surface area contributed by atoms with E-state index < -0.39 is 0 Å². The largest absolute Gasteiger partial charge is 0.508 e. The topological polar surface area (TPSA) is 57.8 Å². The Hall–Kier alpha value is -2.75. The van der Waals surface area contributed by atoms with Gasteiger partial charge in [-0.2, -0.15) is 5.10 Å². The van der Waals surface area contributed by atoms with Crippen molar-refractivity contribution in [3.63, 3.8) is 0 Å². The van der Waals surface area contributed by atoms with Gasteiger partial charge in [0.2, 0.25) is 0 Å². The molecule has 0 aliphatic carbocycles. The van der Waals surface area contributed by atoms with Crippen molar-refractivity contribution in [3.05, 3.63) is 66.2 Å². The van der Waals surface area contributed by atoms with Crippen molar-refractivity contribution < 1.29 is 9.52 Å². The average molecular weight is 252 g/mol. The quantitative estimate of drug-likeness (QED) is 0.689. The summed E-state index contributed by atoms with van der Waals surface area (Å²) in [6, 6.07) is 16.4. The van der Waals surface area contributed by atoms with Gasteiger partial charge in [-0.25, -0.2) is 0 Å². The number of phenols is 1. The third kappa shape index (κ3) is 2.42. The van der Waals surface area contributed by atoms with Crippen molar-refractivity contribution in [2.45, 2.75) is 0 Å². The van der Waals surface area contributed by atoms with Crippen LogP contribution in [0.2, 0.25) is 0 Å². The van der Waals surface area contributed by atoms with E-state index >= 15 is 0 Å². The van der Waals surface area contributed by atoms with Crippen LogP contribution in [0.15, 0.2) is 70.4 Å². The number of fused-ring (bicyclic) bond motifs is 1. The van der Waals surface area contributed by atoms with Crippen LogP contribution in [0.1, 0.15) is 0 Å². The van der Waals surface area contributed by atoms with Crippen LogP contribution in [0, 0.1) is 0 Å².